The second kappa shape index (κ2) is 5.90. The highest BCUT2D eigenvalue weighted by molar-refractivity contribution is 5.39. The average Bonchev–Trinajstić information content (AvgIpc) is 2.91. The van der Waals surface area contributed by atoms with Gasteiger partial charge in [-0.15, -0.1) is 0 Å². The summed E-state index contributed by atoms with van der Waals surface area (Å²) in [5.74, 6) is 0.960. The highest BCUT2D eigenvalue weighted by atomic mass is 16.5. The van der Waals surface area contributed by atoms with E-state index in [1.54, 1.807) is 7.11 Å². The fraction of sp³-hybridized carbons (Fsp3) is 0.471. The second-order valence-corrected chi connectivity index (χ2v) is 5.92. The van der Waals surface area contributed by atoms with Crippen LogP contribution in [0.25, 0.3) is 0 Å². The molecular weight excluding hydrogens is 262 g/mol. The molecule has 1 aromatic heterocycles. The topological polar surface area (TPSA) is 41.1 Å². The van der Waals surface area contributed by atoms with Crippen LogP contribution in [0.2, 0.25) is 0 Å². The molecule has 4 heteroatoms. The van der Waals surface area contributed by atoms with E-state index in [9.17, 15) is 0 Å². The Morgan fingerprint density at radius 1 is 1.43 bits per heavy atom. The van der Waals surface area contributed by atoms with Gasteiger partial charge in [-0.1, -0.05) is 6.07 Å². The number of nitrogens with zero attached hydrogens (tertiary/aromatic N) is 2. The van der Waals surface area contributed by atoms with Gasteiger partial charge in [0.25, 0.3) is 0 Å². The molecule has 0 spiro atoms. The van der Waals surface area contributed by atoms with Gasteiger partial charge in [-0.05, 0) is 62.1 Å². The van der Waals surface area contributed by atoms with Gasteiger partial charge in [0.15, 0.2) is 0 Å². The van der Waals surface area contributed by atoms with Crippen LogP contribution in [-0.4, -0.2) is 29.3 Å². The van der Waals surface area contributed by atoms with Crippen molar-refractivity contribution in [3.63, 3.8) is 0 Å². The van der Waals surface area contributed by atoms with Gasteiger partial charge in [0.2, 0.25) is 0 Å². The number of nitrogens with one attached hydrogen (secondary N) is 1. The molecule has 112 valence electrons. The van der Waals surface area contributed by atoms with E-state index in [0.29, 0.717) is 6.04 Å². The Hall–Kier alpha value is -1.81. The number of rotatable bonds is 4. The Morgan fingerprint density at radius 2 is 2.29 bits per heavy atom. The summed E-state index contributed by atoms with van der Waals surface area (Å²) in [5, 5.41) is 7.22. The number of benzene rings is 1. The Balaban J connectivity index is 1.82. The lowest BCUT2D eigenvalue weighted by Crippen LogP contribution is -2.27. The standard InChI is InChI=1S/C17H23N3O/c1-12-10-18-19-16(12)11-20(2)17-6-4-5-13-9-14(21-3)7-8-15(13)17/h7-10,17H,4-6,11H2,1-3H3,(H,18,19). The molecule has 0 aliphatic heterocycles. The van der Waals surface area contributed by atoms with Gasteiger partial charge in [0.1, 0.15) is 5.75 Å². The molecule has 21 heavy (non-hydrogen) atoms. The van der Waals surface area contributed by atoms with Crippen molar-refractivity contribution in [1.29, 1.82) is 0 Å². The van der Waals surface area contributed by atoms with Crippen LogP contribution < -0.4 is 4.74 Å². The van der Waals surface area contributed by atoms with Gasteiger partial charge in [-0.2, -0.15) is 5.10 Å². The quantitative estimate of drug-likeness (QED) is 0.937. The number of ether oxygens (including phenoxy) is 1. The van der Waals surface area contributed by atoms with E-state index in [0.717, 1.165) is 18.7 Å². The monoisotopic (exact) mass is 285 g/mol. The zero-order valence-corrected chi connectivity index (χ0v) is 13.0. The predicted molar refractivity (Wildman–Crippen MR) is 83.5 cm³/mol. The Labute approximate surface area is 126 Å². The van der Waals surface area contributed by atoms with Gasteiger partial charge >= 0.3 is 0 Å². The molecule has 1 unspecified atom stereocenters. The van der Waals surface area contributed by atoms with E-state index >= 15 is 0 Å². The Bertz CT molecular complexity index is 620. The van der Waals surface area contributed by atoms with Crippen LogP contribution in [0.15, 0.2) is 24.4 Å². The minimum atomic E-state index is 0.474. The summed E-state index contributed by atoms with van der Waals surface area (Å²) >= 11 is 0. The van der Waals surface area contributed by atoms with Crippen LogP contribution in [-0.2, 0) is 13.0 Å². The molecule has 0 saturated heterocycles. The van der Waals surface area contributed by atoms with Crippen LogP contribution in [0.3, 0.4) is 0 Å². The summed E-state index contributed by atoms with van der Waals surface area (Å²) in [6.45, 7) is 3.01. The molecule has 2 aromatic rings. The third kappa shape index (κ3) is 2.81. The van der Waals surface area contributed by atoms with Crippen molar-refractivity contribution in [3.05, 3.63) is 46.8 Å². The van der Waals surface area contributed by atoms with E-state index in [4.69, 9.17) is 4.74 Å². The third-order valence-electron chi connectivity index (χ3n) is 4.51. The smallest absolute Gasteiger partial charge is 0.119 e. The first-order valence-corrected chi connectivity index (χ1v) is 7.55. The lowest BCUT2D eigenvalue weighted by Gasteiger charge is -2.33. The van der Waals surface area contributed by atoms with Gasteiger partial charge in [0.05, 0.1) is 19.0 Å². The maximum absolute atomic E-state index is 5.35. The summed E-state index contributed by atoms with van der Waals surface area (Å²) in [6, 6.07) is 6.97. The fourth-order valence-corrected chi connectivity index (χ4v) is 3.24. The van der Waals surface area contributed by atoms with Gasteiger partial charge in [-0.3, -0.25) is 10.00 Å². The van der Waals surface area contributed by atoms with Crippen molar-refractivity contribution in [1.82, 2.24) is 15.1 Å². The van der Waals surface area contributed by atoms with E-state index in [-0.39, 0.29) is 0 Å². The molecule has 1 aliphatic rings. The first-order valence-electron chi connectivity index (χ1n) is 7.55. The molecule has 0 saturated carbocycles. The third-order valence-corrected chi connectivity index (χ3v) is 4.51. The van der Waals surface area contributed by atoms with E-state index in [2.05, 4.69) is 47.3 Å². The van der Waals surface area contributed by atoms with Crippen molar-refractivity contribution in [3.8, 4) is 5.75 Å². The van der Waals surface area contributed by atoms with Crippen LogP contribution in [0.5, 0.6) is 5.75 Å². The van der Waals surface area contributed by atoms with E-state index in [1.165, 1.54) is 35.2 Å². The number of hydrogen-bond acceptors (Lipinski definition) is 3. The number of aromatic amines is 1. The molecule has 1 aliphatic carbocycles. The number of aromatic nitrogens is 2. The molecule has 4 nitrogen and oxygen atoms in total. The van der Waals surface area contributed by atoms with Crippen molar-refractivity contribution in [2.24, 2.45) is 0 Å². The molecule has 3 rings (SSSR count). The lowest BCUT2D eigenvalue weighted by atomic mass is 9.86. The van der Waals surface area contributed by atoms with Crippen molar-refractivity contribution in [2.75, 3.05) is 14.2 Å². The summed E-state index contributed by atoms with van der Waals surface area (Å²) in [7, 11) is 3.93. The first kappa shape index (κ1) is 14.1. The highest BCUT2D eigenvalue weighted by Crippen LogP contribution is 2.36. The number of aryl methyl sites for hydroxylation is 2. The van der Waals surface area contributed by atoms with Crippen molar-refractivity contribution >= 4 is 0 Å². The van der Waals surface area contributed by atoms with Crippen molar-refractivity contribution in [2.45, 2.75) is 38.8 Å². The number of H-pyrrole nitrogens is 1. The highest BCUT2D eigenvalue weighted by Gasteiger charge is 2.24. The lowest BCUT2D eigenvalue weighted by molar-refractivity contribution is 0.210. The zero-order valence-electron chi connectivity index (χ0n) is 13.0. The zero-order chi connectivity index (χ0) is 14.8. The van der Waals surface area contributed by atoms with E-state index < -0.39 is 0 Å². The van der Waals surface area contributed by atoms with Crippen molar-refractivity contribution < 1.29 is 4.74 Å². The van der Waals surface area contributed by atoms with Crippen LogP contribution in [0.1, 0.15) is 41.3 Å². The molecule has 1 N–H and O–H groups in total. The summed E-state index contributed by atoms with van der Waals surface area (Å²) in [4.78, 5) is 2.42. The largest absolute Gasteiger partial charge is 0.497 e. The Kier molecular flexibility index (Phi) is 3.97. The molecule has 0 radical (unpaired) electrons. The SMILES string of the molecule is COc1ccc2c(c1)CCCC2N(C)Cc1[nH]ncc1C. The van der Waals surface area contributed by atoms with Gasteiger partial charge < -0.3 is 4.74 Å². The summed E-state index contributed by atoms with van der Waals surface area (Å²) in [5.41, 5.74) is 5.31. The first-order chi connectivity index (χ1) is 10.2. The van der Waals surface area contributed by atoms with Crippen LogP contribution in [0, 0.1) is 6.92 Å². The minimum absolute atomic E-state index is 0.474. The van der Waals surface area contributed by atoms with Gasteiger partial charge in [-0.25, -0.2) is 0 Å². The normalized spacial score (nSPS) is 17.8. The maximum Gasteiger partial charge on any atom is 0.119 e. The predicted octanol–water partition coefficient (Wildman–Crippen LogP) is 3.24. The second-order valence-electron chi connectivity index (χ2n) is 5.92. The van der Waals surface area contributed by atoms with E-state index in [1.807, 2.05) is 6.20 Å². The molecule has 1 aromatic carbocycles. The van der Waals surface area contributed by atoms with Crippen LogP contribution >= 0.6 is 0 Å². The molecule has 0 fully saturated rings. The number of methoxy groups -OCH3 is 1. The molecule has 0 amide bonds. The molecule has 0 bridgehead atoms. The molecular formula is C17H23N3O. The summed E-state index contributed by atoms with van der Waals surface area (Å²) < 4.78 is 5.35. The molecule has 1 atom stereocenters. The Morgan fingerprint density at radius 3 is 3.00 bits per heavy atom. The average molecular weight is 285 g/mol. The fourth-order valence-electron chi connectivity index (χ4n) is 3.24. The maximum atomic E-state index is 5.35. The number of fused-ring (bicyclic) bond motifs is 1. The number of hydrogen-bond donors (Lipinski definition) is 1. The summed E-state index contributed by atoms with van der Waals surface area (Å²) in [6.07, 6.45) is 5.49. The van der Waals surface area contributed by atoms with Gasteiger partial charge in [0, 0.05) is 12.6 Å². The minimum Gasteiger partial charge on any atom is -0.497 e. The molecule has 1 heterocycles. The van der Waals surface area contributed by atoms with Crippen LogP contribution in [0.4, 0.5) is 0 Å².